The Balaban J connectivity index is 1.29. The van der Waals surface area contributed by atoms with Gasteiger partial charge in [-0.2, -0.15) is 0 Å². The van der Waals surface area contributed by atoms with E-state index in [1.165, 1.54) is 0 Å². The Hall–Kier alpha value is -2.77. The molecule has 1 unspecified atom stereocenters. The number of urea groups is 1. The van der Waals surface area contributed by atoms with Gasteiger partial charge in [0.05, 0.1) is 6.54 Å². The van der Waals surface area contributed by atoms with Crippen LogP contribution >= 0.6 is 0 Å². The first-order chi connectivity index (χ1) is 14.2. The number of rotatable bonds is 6. The molecule has 2 fully saturated rings. The molecule has 1 atom stereocenters. The van der Waals surface area contributed by atoms with Crippen LogP contribution in [0.1, 0.15) is 52.0 Å². The third-order valence-corrected chi connectivity index (χ3v) is 6.13. The van der Waals surface area contributed by atoms with Crippen molar-refractivity contribution in [3.05, 3.63) is 23.8 Å². The van der Waals surface area contributed by atoms with E-state index in [-0.39, 0.29) is 30.6 Å². The molecule has 1 aromatic carbocycles. The molecule has 1 saturated carbocycles. The lowest BCUT2D eigenvalue weighted by Gasteiger charge is -2.23. The summed E-state index contributed by atoms with van der Waals surface area (Å²) in [6.45, 7) is 6.14. The van der Waals surface area contributed by atoms with E-state index in [1.54, 1.807) is 6.92 Å². The van der Waals surface area contributed by atoms with Gasteiger partial charge in [0.25, 0.3) is 5.91 Å². The summed E-state index contributed by atoms with van der Waals surface area (Å²) < 4.78 is 11.8. The third-order valence-electron chi connectivity index (χ3n) is 6.13. The molecule has 2 heterocycles. The van der Waals surface area contributed by atoms with Crippen LogP contribution in [0.4, 0.5) is 4.79 Å². The minimum absolute atomic E-state index is 0.253. The van der Waals surface area contributed by atoms with Crippen molar-refractivity contribution in [2.24, 2.45) is 0 Å². The Morgan fingerprint density at radius 2 is 2.03 bits per heavy atom. The second-order valence-corrected chi connectivity index (χ2v) is 8.99. The minimum Gasteiger partial charge on any atom is -0.488 e. The van der Waals surface area contributed by atoms with Gasteiger partial charge in [0, 0.05) is 12.0 Å². The predicted molar refractivity (Wildman–Crippen MR) is 109 cm³/mol. The second kappa shape index (κ2) is 7.49. The van der Waals surface area contributed by atoms with E-state index in [0.29, 0.717) is 18.6 Å². The fourth-order valence-corrected chi connectivity index (χ4v) is 4.61. The molecule has 4 rings (SSSR count). The monoisotopic (exact) mass is 415 g/mol. The number of nitrogens with one attached hydrogen (secondary N) is 2. The number of benzene rings is 1. The van der Waals surface area contributed by atoms with Crippen molar-refractivity contribution < 1.29 is 23.9 Å². The van der Waals surface area contributed by atoms with Gasteiger partial charge in [-0.3, -0.25) is 9.59 Å². The SMILES string of the molecule is CC(C(=O)NCCOc1cccc2c1OC(C)(C)C2)N1C(=O)NC2(CCCC2)C1=O. The van der Waals surface area contributed by atoms with E-state index in [0.717, 1.165) is 35.5 Å². The summed E-state index contributed by atoms with van der Waals surface area (Å²) in [6, 6.07) is 4.44. The molecule has 0 aromatic heterocycles. The molecule has 162 valence electrons. The molecular formula is C22H29N3O5. The molecule has 8 heteroatoms. The van der Waals surface area contributed by atoms with Crippen LogP contribution in [0.25, 0.3) is 0 Å². The number of carbonyl (C=O) groups is 3. The van der Waals surface area contributed by atoms with Gasteiger partial charge < -0.3 is 20.1 Å². The Bertz CT molecular complexity index is 876. The lowest BCUT2D eigenvalue weighted by atomic mass is 9.97. The molecule has 0 radical (unpaired) electrons. The highest BCUT2D eigenvalue weighted by Gasteiger charge is 2.54. The normalized spacial score (nSPS) is 21.9. The number of ether oxygens (including phenoxy) is 2. The summed E-state index contributed by atoms with van der Waals surface area (Å²) in [4.78, 5) is 38.7. The van der Waals surface area contributed by atoms with Crippen molar-refractivity contribution in [1.29, 1.82) is 0 Å². The summed E-state index contributed by atoms with van der Waals surface area (Å²) in [7, 11) is 0. The number of carbonyl (C=O) groups excluding carboxylic acids is 3. The minimum atomic E-state index is -0.873. The number of nitrogens with zero attached hydrogens (tertiary/aromatic N) is 1. The molecule has 0 bridgehead atoms. The second-order valence-electron chi connectivity index (χ2n) is 8.99. The first-order valence-corrected chi connectivity index (χ1v) is 10.6. The molecule has 1 saturated heterocycles. The fraction of sp³-hybridized carbons (Fsp3) is 0.591. The maximum atomic E-state index is 12.8. The number of fused-ring (bicyclic) bond motifs is 1. The first kappa shape index (κ1) is 20.5. The zero-order chi connectivity index (χ0) is 21.5. The zero-order valence-electron chi connectivity index (χ0n) is 17.7. The number of hydrogen-bond acceptors (Lipinski definition) is 5. The van der Waals surface area contributed by atoms with E-state index >= 15 is 0 Å². The van der Waals surface area contributed by atoms with Crippen molar-refractivity contribution in [1.82, 2.24) is 15.5 Å². The van der Waals surface area contributed by atoms with E-state index in [1.807, 2.05) is 32.0 Å². The van der Waals surface area contributed by atoms with Crippen molar-refractivity contribution in [2.75, 3.05) is 13.2 Å². The van der Waals surface area contributed by atoms with Gasteiger partial charge in [0.1, 0.15) is 23.8 Å². The smallest absolute Gasteiger partial charge is 0.325 e. The molecule has 2 aliphatic heterocycles. The van der Waals surface area contributed by atoms with Crippen LogP contribution < -0.4 is 20.1 Å². The Morgan fingerprint density at radius 1 is 1.30 bits per heavy atom. The van der Waals surface area contributed by atoms with E-state index in [9.17, 15) is 14.4 Å². The molecule has 4 amide bonds. The molecule has 8 nitrogen and oxygen atoms in total. The van der Waals surface area contributed by atoms with Gasteiger partial charge >= 0.3 is 6.03 Å². The molecule has 30 heavy (non-hydrogen) atoms. The largest absolute Gasteiger partial charge is 0.488 e. The molecule has 3 aliphatic rings. The summed E-state index contributed by atoms with van der Waals surface area (Å²) in [5.74, 6) is 0.734. The first-order valence-electron chi connectivity index (χ1n) is 10.6. The van der Waals surface area contributed by atoms with Crippen LogP contribution in [0.3, 0.4) is 0 Å². The van der Waals surface area contributed by atoms with Gasteiger partial charge in [-0.25, -0.2) is 9.69 Å². The quantitative estimate of drug-likeness (QED) is 0.548. The van der Waals surface area contributed by atoms with Gasteiger partial charge in [0.15, 0.2) is 11.5 Å². The predicted octanol–water partition coefficient (Wildman–Crippen LogP) is 2.15. The zero-order valence-corrected chi connectivity index (χ0v) is 17.7. The van der Waals surface area contributed by atoms with Crippen LogP contribution in [0, 0.1) is 0 Å². The molecule has 1 aromatic rings. The standard InChI is InChI=1S/C22H29N3O5/c1-14(25-19(27)22(24-20(25)28)9-4-5-10-22)18(26)23-11-12-29-16-8-6-7-15-13-21(2,3)30-17(15)16/h6-8,14H,4-5,9-13H2,1-3H3,(H,23,26)(H,24,28). The van der Waals surface area contributed by atoms with Gasteiger partial charge in [-0.15, -0.1) is 0 Å². The third kappa shape index (κ3) is 3.59. The Morgan fingerprint density at radius 3 is 2.77 bits per heavy atom. The Kier molecular flexibility index (Phi) is 5.11. The van der Waals surface area contributed by atoms with Gasteiger partial charge in [0.2, 0.25) is 5.91 Å². The summed E-state index contributed by atoms with van der Waals surface area (Å²) in [5, 5.41) is 5.56. The highest BCUT2D eigenvalue weighted by Crippen LogP contribution is 2.41. The number of hydrogen-bond donors (Lipinski definition) is 2. The van der Waals surface area contributed by atoms with Crippen molar-refractivity contribution in [3.8, 4) is 11.5 Å². The lowest BCUT2D eigenvalue weighted by molar-refractivity contribution is -0.137. The van der Waals surface area contributed by atoms with Crippen LogP contribution in [0.15, 0.2) is 18.2 Å². The average molecular weight is 415 g/mol. The van der Waals surface area contributed by atoms with E-state index < -0.39 is 17.6 Å². The van der Waals surface area contributed by atoms with Crippen LogP contribution in [-0.2, 0) is 16.0 Å². The highest BCUT2D eigenvalue weighted by atomic mass is 16.5. The maximum Gasteiger partial charge on any atom is 0.325 e. The van der Waals surface area contributed by atoms with Crippen molar-refractivity contribution in [3.63, 3.8) is 0 Å². The highest BCUT2D eigenvalue weighted by molar-refractivity contribution is 6.09. The lowest BCUT2D eigenvalue weighted by Crippen LogP contribution is -2.50. The van der Waals surface area contributed by atoms with Crippen LogP contribution in [0.2, 0.25) is 0 Å². The van der Waals surface area contributed by atoms with Crippen molar-refractivity contribution >= 4 is 17.8 Å². The topological polar surface area (TPSA) is 97.0 Å². The summed E-state index contributed by atoms with van der Waals surface area (Å²) in [6.07, 6.45) is 3.90. The maximum absolute atomic E-state index is 12.8. The number of amides is 4. The van der Waals surface area contributed by atoms with Crippen LogP contribution in [-0.4, -0.2) is 53.1 Å². The number of para-hydroxylation sites is 1. The van der Waals surface area contributed by atoms with E-state index in [2.05, 4.69) is 10.6 Å². The average Bonchev–Trinajstić information content (AvgIpc) is 3.34. The molecular weight excluding hydrogens is 386 g/mol. The Labute approximate surface area is 176 Å². The fourth-order valence-electron chi connectivity index (χ4n) is 4.61. The summed E-state index contributed by atoms with van der Waals surface area (Å²) in [5.41, 5.74) is 0.0378. The molecule has 1 aliphatic carbocycles. The molecule has 1 spiro atoms. The van der Waals surface area contributed by atoms with Gasteiger partial charge in [-0.05, 0) is 39.7 Å². The summed E-state index contributed by atoms with van der Waals surface area (Å²) >= 11 is 0. The number of imide groups is 1. The van der Waals surface area contributed by atoms with Crippen molar-refractivity contribution in [2.45, 2.75) is 70.1 Å². The van der Waals surface area contributed by atoms with Crippen LogP contribution in [0.5, 0.6) is 11.5 Å². The molecule has 2 N–H and O–H groups in total. The van der Waals surface area contributed by atoms with E-state index in [4.69, 9.17) is 9.47 Å². The van der Waals surface area contributed by atoms with Gasteiger partial charge in [-0.1, -0.05) is 25.0 Å².